The van der Waals surface area contributed by atoms with Gasteiger partial charge in [-0.15, -0.1) is 10.2 Å². The summed E-state index contributed by atoms with van der Waals surface area (Å²) in [5, 5.41) is 8.93. The Morgan fingerprint density at radius 1 is 1.19 bits per heavy atom. The van der Waals surface area contributed by atoms with Crippen LogP contribution >= 0.6 is 0 Å². The summed E-state index contributed by atoms with van der Waals surface area (Å²) in [7, 11) is 0. The fraction of sp³-hybridized carbons (Fsp3) is 0.571. The summed E-state index contributed by atoms with van der Waals surface area (Å²) in [6, 6.07) is 7.82. The molecule has 0 aliphatic carbocycles. The van der Waals surface area contributed by atoms with E-state index in [9.17, 15) is 4.79 Å². The topological polar surface area (TPSA) is 60.2 Å². The van der Waals surface area contributed by atoms with Crippen LogP contribution in [0.3, 0.4) is 0 Å². The summed E-state index contributed by atoms with van der Waals surface area (Å²) < 4.78 is 8.02. The van der Waals surface area contributed by atoms with Crippen LogP contribution in [0.15, 0.2) is 24.3 Å². The van der Waals surface area contributed by atoms with Gasteiger partial charge in [-0.3, -0.25) is 4.79 Å². The second-order valence-corrected chi connectivity index (χ2v) is 7.72. The lowest BCUT2D eigenvalue weighted by Crippen LogP contribution is -2.42. The number of benzene rings is 1. The number of piperidine rings is 1. The molecule has 27 heavy (non-hydrogen) atoms. The van der Waals surface area contributed by atoms with Gasteiger partial charge in [0, 0.05) is 32.0 Å². The van der Waals surface area contributed by atoms with Gasteiger partial charge < -0.3 is 14.2 Å². The zero-order valence-corrected chi connectivity index (χ0v) is 16.1. The molecule has 1 aromatic heterocycles. The summed E-state index contributed by atoms with van der Waals surface area (Å²) >= 11 is 0. The minimum Gasteiger partial charge on any atom is -0.484 e. The van der Waals surface area contributed by atoms with Gasteiger partial charge >= 0.3 is 0 Å². The molecule has 4 rings (SSSR count). The lowest BCUT2D eigenvalue weighted by molar-refractivity contribution is -0.134. The van der Waals surface area contributed by atoms with Crippen LogP contribution in [0.4, 0.5) is 0 Å². The van der Waals surface area contributed by atoms with E-state index in [4.69, 9.17) is 4.74 Å². The van der Waals surface area contributed by atoms with Gasteiger partial charge in [-0.25, -0.2) is 0 Å². The second-order valence-electron chi connectivity index (χ2n) is 7.72. The van der Waals surface area contributed by atoms with Crippen LogP contribution in [0, 0.1) is 6.92 Å². The van der Waals surface area contributed by atoms with Crippen molar-refractivity contribution in [2.75, 3.05) is 19.7 Å². The van der Waals surface area contributed by atoms with Gasteiger partial charge in [-0.05, 0) is 50.3 Å². The highest BCUT2D eigenvalue weighted by Crippen LogP contribution is 2.28. The van der Waals surface area contributed by atoms with Gasteiger partial charge in [0.05, 0.1) is 0 Å². The van der Waals surface area contributed by atoms with Gasteiger partial charge in [-0.2, -0.15) is 0 Å². The molecule has 1 unspecified atom stereocenters. The molecule has 1 aromatic carbocycles. The van der Waals surface area contributed by atoms with E-state index >= 15 is 0 Å². The molecular formula is C21H28N4O2. The maximum atomic E-state index is 12.7. The molecule has 6 nitrogen and oxygen atoms in total. The number of amides is 1. The van der Waals surface area contributed by atoms with Gasteiger partial charge in [0.15, 0.2) is 6.61 Å². The van der Waals surface area contributed by atoms with Crippen LogP contribution in [0.1, 0.15) is 55.2 Å². The number of aromatic nitrogens is 3. The molecule has 0 radical (unpaired) electrons. The number of hydrogen-bond donors (Lipinski definition) is 0. The van der Waals surface area contributed by atoms with Gasteiger partial charge in [0.2, 0.25) is 0 Å². The maximum absolute atomic E-state index is 12.7. The molecule has 0 spiro atoms. The first kappa shape index (κ1) is 18.0. The van der Waals surface area contributed by atoms with Crippen molar-refractivity contribution in [2.24, 2.45) is 0 Å². The van der Waals surface area contributed by atoms with Crippen molar-refractivity contribution < 1.29 is 9.53 Å². The summed E-state index contributed by atoms with van der Waals surface area (Å²) in [6.45, 7) is 4.64. The Morgan fingerprint density at radius 2 is 2.11 bits per heavy atom. The average Bonchev–Trinajstić information content (AvgIpc) is 2.94. The van der Waals surface area contributed by atoms with E-state index in [2.05, 4.69) is 14.8 Å². The van der Waals surface area contributed by atoms with Gasteiger partial charge in [0.1, 0.15) is 17.4 Å². The third kappa shape index (κ3) is 4.15. The summed E-state index contributed by atoms with van der Waals surface area (Å²) in [6.07, 6.45) is 6.74. The van der Waals surface area contributed by atoms with Crippen LogP contribution in [0.25, 0.3) is 0 Å². The number of carbonyl (C=O) groups excluding carboxylic acids is 1. The fourth-order valence-corrected chi connectivity index (χ4v) is 4.17. The minimum absolute atomic E-state index is 0.0526. The summed E-state index contributed by atoms with van der Waals surface area (Å²) in [4.78, 5) is 14.6. The smallest absolute Gasteiger partial charge is 0.260 e. The summed E-state index contributed by atoms with van der Waals surface area (Å²) in [5.74, 6) is 3.27. The number of carbonyl (C=O) groups is 1. The van der Waals surface area contributed by atoms with Crippen molar-refractivity contribution in [2.45, 2.75) is 57.9 Å². The molecule has 1 fully saturated rings. The number of ether oxygens (including phenoxy) is 1. The van der Waals surface area contributed by atoms with Gasteiger partial charge in [0.25, 0.3) is 5.91 Å². The first-order chi connectivity index (χ1) is 13.2. The van der Waals surface area contributed by atoms with Gasteiger partial charge in [-0.1, -0.05) is 18.6 Å². The third-order valence-electron chi connectivity index (χ3n) is 5.63. The van der Waals surface area contributed by atoms with Crippen molar-refractivity contribution in [1.82, 2.24) is 19.7 Å². The average molecular weight is 368 g/mol. The molecule has 2 aliphatic heterocycles. The standard InChI is InChI=1S/C21H28N4O2/c1-16-7-5-9-18(13-16)27-15-20(26)24-11-6-8-17(14-24)21-23-22-19-10-3-2-4-12-25(19)21/h5,7,9,13,17H,2-4,6,8,10-12,14-15H2,1H3. The number of rotatable bonds is 4. The molecular weight excluding hydrogens is 340 g/mol. The molecule has 1 saturated heterocycles. The lowest BCUT2D eigenvalue weighted by Gasteiger charge is -2.32. The Bertz CT molecular complexity index is 801. The number of fused-ring (bicyclic) bond motifs is 1. The molecule has 0 bridgehead atoms. The quantitative estimate of drug-likeness (QED) is 0.832. The Labute approximate surface area is 160 Å². The number of likely N-dealkylation sites (tertiary alicyclic amines) is 1. The Balaban J connectivity index is 1.39. The molecule has 2 aromatic rings. The van der Waals surface area contributed by atoms with E-state index in [1.807, 2.05) is 36.1 Å². The van der Waals surface area contributed by atoms with Crippen LogP contribution in [-0.4, -0.2) is 45.3 Å². The maximum Gasteiger partial charge on any atom is 0.260 e. The molecule has 0 saturated carbocycles. The van der Waals surface area contributed by atoms with E-state index in [-0.39, 0.29) is 18.4 Å². The van der Waals surface area contributed by atoms with Crippen LogP contribution < -0.4 is 4.74 Å². The SMILES string of the molecule is Cc1cccc(OCC(=O)N2CCCC(c3nnc4n3CCCCC4)C2)c1. The molecule has 144 valence electrons. The van der Waals surface area contributed by atoms with E-state index in [1.54, 1.807) is 0 Å². The number of nitrogens with zero attached hydrogens (tertiary/aromatic N) is 4. The third-order valence-corrected chi connectivity index (χ3v) is 5.63. The van der Waals surface area contributed by atoms with Crippen molar-refractivity contribution in [3.05, 3.63) is 41.5 Å². The predicted octanol–water partition coefficient (Wildman–Crippen LogP) is 3.10. The number of aryl methyl sites for hydroxylation is 2. The van der Waals surface area contributed by atoms with Crippen LogP contribution in [-0.2, 0) is 17.8 Å². The first-order valence-corrected chi connectivity index (χ1v) is 10.1. The minimum atomic E-state index is 0.0526. The van der Waals surface area contributed by atoms with Crippen LogP contribution in [0.5, 0.6) is 5.75 Å². The molecule has 0 N–H and O–H groups in total. The van der Waals surface area contributed by atoms with E-state index in [0.717, 1.165) is 55.3 Å². The van der Waals surface area contributed by atoms with E-state index < -0.39 is 0 Å². The Kier molecular flexibility index (Phi) is 5.41. The molecule has 1 atom stereocenters. The van der Waals surface area contributed by atoms with Crippen LogP contribution in [0.2, 0.25) is 0 Å². The first-order valence-electron chi connectivity index (χ1n) is 10.1. The zero-order valence-electron chi connectivity index (χ0n) is 16.1. The summed E-state index contributed by atoms with van der Waals surface area (Å²) in [5.41, 5.74) is 1.13. The zero-order chi connectivity index (χ0) is 18.6. The Hall–Kier alpha value is -2.37. The fourth-order valence-electron chi connectivity index (χ4n) is 4.17. The van der Waals surface area contributed by atoms with E-state index in [1.165, 1.54) is 19.3 Å². The van der Waals surface area contributed by atoms with Crippen molar-refractivity contribution in [1.29, 1.82) is 0 Å². The molecule has 2 aliphatic rings. The van der Waals surface area contributed by atoms with Crippen molar-refractivity contribution in [3.8, 4) is 5.75 Å². The Morgan fingerprint density at radius 3 is 3.00 bits per heavy atom. The molecule has 6 heteroatoms. The lowest BCUT2D eigenvalue weighted by atomic mass is 9.97. The predicted molar refractivity (Wildman–Crippen MR) is 103 cm³/mol. The van der Waals surface area contributed by atoms with Crippen molar-refractivity contribution >= 4 is 5.91 Å². The van der Waals surface area contributed by atoms with Crippen molar-refractivity contribution in [3.63, 3.8) is 0 Å². The van der Waals surface area contributed by atoms with E-state index in [0.29, 0.717) is 6.54 Å². The number of hydrogen-bond acceptors (Lipinski definition) is 4. The normalized spacial score (nSPS) is 20.0. The second kappa shape index (κ2) is 8.11. The highest BCUT2D eigenvalue weighted by molar-refractivity contribution is 5.78. The molecule has 3 heterocycles. The monoisotopic (exact) mass is 368 g/mol. The highest BCUT2D eigenvalue weighted by Gasteiger charge is 2.29. The highest BCUT2D eigenvalue weighted by atomic mass is 16.5. The largest absolute Gasteiger partial charge is 0.484 e. The molecule has 1 amide bonds.